The highest BCUT2D eigenvalue weighted by Crippen LogP contribution is 2.35. The van der Waals surface area contributed by atoms with E-state index in [1.165, 1.54) is 12.8 Å². The SMILES string of the molecule is CN1C2CCC1CC(OC(=O)C(O)c1ccccc1)C2.O=S(=O)(O)O. The highest BCUT2D eigenvalue weighted by atomic mass is 32.3. The number of nitrogens with zero attached hydrogens (tertiary/aromatic N) is 1. The minimum atomic E-state index is -4.67. The molecule has 2 aliphatic rings. The number of ether oxygens (including phenoxy) is 1. The third-order valence-corrected chi connectivity index (χ3v) is 4.68. The maximum Gasteiger partial charge on any atom is 0.394 e. The summed E-state index contributed by atoms with van der Waals surface area (Å²) in [5.74, 6) is -0.523. The summed E-state index contributed by atoms with van der Waals surface area (Å²) in [7, 11) is -2.51. The second kappa shape index (κ2) is 8.24. The van der Waals surface area contributed by atoms with Crippen LogP contribution in [-0.2, 0) is 19.9 Å². The highest BCUT2D eigenvalue weighted by Gasteiger charge is 2.40. The summed E-state index contributed by atoms with van der Waals surface area (Å²) in [6, 6.07) is 10.0. The molecule has 3 unspecified atom stereocenters. The van der Waals surface area contributed by atoms with Gasteiger partial charge in [-0.1, -0.05) is 30.3 Å². The van der Waals surface area contributed by atoms with Crippen molar-refractivity contribution >= 4 is 16.4 Å². The van der Waals surface area contributed by atoms with E-state index in [-0.39, 0.29) is 6.10 Å². The molecule has 0 spiro atoms. The number of aliphatic hydroxyl groups is 1. The van der Waals surface area contributed by atoms with Crippen molar-refractivity contribution in [2.75, 3.05) is 7.05 Å². The van der Waals surface area contributed by atoms with Crippen molar-refractivity contribution < 1.29 is 32.2 Å². The third kappa shape index (κ3) is 6.05. The van der Waals surface area contributed by atoms with E-state index < -0.39 is 22.5 Å². The minimum absolute atomic E-state index is 0.0467. The van der Waals surface area contributed by atoms with E-state index in [4.69, 9.17) is 22.3 Å². The minimum Gasteiger partial charge on any atom is -0.460 e. The molecular formula is C16H23NO7S. The average Bonchev–Trinajstić information content (AvgIpc) is 2.74. The van der Waals surface area contributed by atoms with Gasteiger partial charge in [0, 0.05) is 12.1 Å². The molecule has 0 saturated carbocycles. The molecule has 0 radical (unpaired) electrons. The Morgan fingerprint density at radius 3 is 2.12 bits per heavy atom. The number of hydrogen-bond acceptors (Lipinski definition) is 6. The molecule has 1 aromatic carbocycles. The molecule has 0 aliphatic carbocycles. The van der Waals surface area contributed by atoms with Crippen LogP contribution in [-0.4, -0.2) is 58.7 Å². The molecule has 1 aromatic rings. The molecule has 25 heavy (non-hydrogen) atoms. The Kier molecular flexibility index (Phi) is 6.53. The van der Waals surface area contributed by atoms with E-state index >= 15 is 0 Å². The van der Waals surface area contributed by atoms with Crippen molar-refractivity contribution in [1.82, 2.24) is 4.90 Å². The number of esters is 1. The van der Waals surface area contributed by atoms with Crippen molar-refractivity contribution in [2.45, 2.75) is 50.0 Å². The van der Waals surface area contributed by atoms with Crippen molar-refractivity contribution in [2.24, 2.45) is 0 Å². The molecule has 3 N–H and O–H groups in total. The lowest BCUT2D eigenvalue weighted by atomic mass is 10.0. The van der Waals surface area contributed by atoms with Gasteiger partial charge in [0.2, 0.25) is 0 Å². The fourth-order valence-electron chi connectivity index (χ4n) is 3.46. The predicted octanol–water partition coefficient (Wildman–Crippen LogP) is 1.24. The predicted molar refractivity (Wildman–Crippen MR) is 89.3 cm³/mol. The molecule has 8 nitrogen and oxygen atoms in total. The fraction of sp³-hybridized carbons (Fsp3) is 0.562. The van der Waals surface area contributed by atoms with Gasteiger partial charge in [0.25, 0.3) is 0 Å². The first-order valence-electron chi connectivity index (χ1n) is 8.00. The molecule has 3 rings (SSSR count). The Morgan fingerprint density at radius 1 is 1.16 bits per heavy atom. The Hall–Kier alpha value is -1.52. The van der Waals surface area contributed by atoms with E-state index in [0.29, 0.717) is 17.6 Å². The monoisotopic (exact) mass is 373 g/mol. The summed E-state index contributed by atoms with van der Waals surface area (Å²) in [4.78, 5) is 14.4. The zero-order valence-corrected chi connectivity index (χ0v) is 14.7. The second-order valence-electron chi connectivity index (χ2n) is 6.34. The molecule has 0 amide bonds. The van der Waals surface area contributed by atoms with Gasteiger partial charge in [-0.3, -0.25) is 9.11 Å². The highest BCUT2D eigenvalue weighted by molar-refractivity contribution is 7.79. The normalized spacial score (nSPS) is 27.1. The number of aliphatic hydroxyl groups excluding tert-OH is 1. The number of piperidine rings is 1. The van der Waals surface area contributed by atoms with E-state index in [1.54, 1.807) is 12.1 Å². The number of benzene rings is 1. The van der Waals surface area contributed by atoms with Crippen LogP contribution in [0.5, 0.6) is 0 Å². The Balaban J connectivity index is 0.000000399. The Bertz CT molecular complexity index is 657. The molecule has 2 saturated heterocycles. The number of carbonyl (C=O) groups excluding carboxylic acids is 1. The zero-order valence-electron chi connectivity index (χ0n) is 13.9. The molecule has 140 valence electrons. The Morgan fingerprint density at radius 2 is 1.64 bits per heavy atom. The summed E-state index contributed by atoms with van der Waals surface area (Å²) in [5, 5.41) is 10.0. The summed E-state index contributed by atoms with van der Waals surface area (Å²) < 4.78 is 37.1. The van der Waals surface area contributed by atoms with E-state index in [9.17, 15) is 9.90 Å². The van der Waals surface area contributed by atoms with E-state index in [0.717, 1.165) is 12.8 Å². The van der Waals surface area contributed by atoms with Crippen LogP contribution < -0.4 is 0 Å². The standard InChI is InChI=1S/C16H21NO3.H2O4S/c1-17-12-7-8-13(17)10-14(9-12)20-16(19)15(18)11-5-3-2-4-6-11;1-5(2,3)4/h2-6,12-15,18H,7-10H2,1H3;(H2,1,2,3,4). The van der Waals surface area contributed by atoms with Crippen LogP contribution in [0.15, 0.2) is 30.3 Å². The first-order chi connectivity index (χ1) is 11.6. The van der Waals surface area contributed by atoms with Crippen LogP contribution in [0.25, 0.3) is 0 Å². The molecule has 3 atom stereocenters. The van der Waals surface area contributed by atoms with Gasteiger partial charge in [-0.15, -0.1) is 0 Å². The van der Waals surface area contributed by atoms with Gasteiger partial charge in [0.15, 0.2) is 6.10 Å². The van der Waals surface area contributed by atoms with Gasteiger partial charge in [-0.05, 0) is 38.3 Å². The largest absolute Gasteiger partial charge is 0.460 e. The number of fused-ring (bicyclic) bond motifs is 2. The number of carbonyl (C=O) groups is 1. The van der Waals surface area contributed by atoms with Crippen LogP contribution in [0.4, 0.5) is 0 Å². The van der Waals surface area contributed by atoms with Crippen LogP contribution in [0.3, 0.4) is 0 Å². The second-order valence-corrected chi connectivity index (χ2v) is 7.24. The summed E-state index contributed by atoms with van der Waals surface area (Å²) in [6.07, 6.45) is 2.94. The number of hydrogen-bond donors (Lipinski definition) is 3. The summed E-state index contributed by atoms with van der Waals surface area (Å²) in [6.45, 7) is 0. The molecule has 0 aromatic heterocycles. The van der Waals surface area contributed by atoms with Gasteiger partial charge >= 0.3 is 16.4 Å². The smallest absolute Gasteiger partial charge is 0.394 e. The lowest BCUT2D eigenvalue weighted by Gasteiger charge is -2.36. The topological polar surface area (TPSA) is 124 Å². The van der Waals surface area contributed by atoms with Crippen LogP contribution >= 0.6 is 0 Å². The van der Waals surface area contributed by atoms with Gasteiger partial charge in [-0.25, -0.2) is 4.79 Å². The lowest BCUT2D eigenvalue weighted by Crippen LogP contribution is -2.43. The van der Waals surface area contributed by atoms with Crippen LogP contribution in [0, 0.1) is 0 Å². The summed E-state index contributed by atoms with van der Waals surface area (Å²) >= 11 is 0. The Labute approximate surface area is 147 Å². The van der Waals surface area contributed by atoms with E-state index in [1.807, 2.05) is 18.2 Å². The number of rotatable bonds is 3. The molecule has 2 fully saturated rings. The van der Waals surface area contributed by atoms with Gasteiger partial charge < -0.3 is 14.7 Å². The maximum absolute atomic E-state index is 12.0. The molecule has 2 bridgehead atoms. The van der Waals surface area contributed by atoms with E-state index in [2.05, 4.69) is 11.9 Å². The van der Waals surface area contributed by atoms with Crippen molar-refractivity contribution in [3.05, 3.63) is 35.9 Å². The van der Waals surface area contributed by atoms with Crippen LogP contribution in [0.2, 0.25) is 0 Å². The van der Waals surface area contributed by atoms with Gasteiger partial charge in [0.05, 0.1) is 0 Å². The van der Waals surface area contributed by atoms with Crippen molar-refractivity contribution in [3.8, 4) is 0 Å². The van der Waals surface area contributed by atoms with Gasteiger partial charge in [-0.2, -0.15) is 8.42 Å². The lowest BCUT2D eigenvalue weighted by molar-refractivity contribution is -0.162. The van der Waals surface area contributed by atoms with Crippen LogP contribution in [0.1, 0.15) is 37.4 Å². The first kappa shape index (κ1) is 19.8. The molecule has 2 heterocycles. The first-order valence-corrected chi connectivity index (χ1v) is 9.40. The molecular weight excluding hydrogens is 350 g/mol. The quantitative estimate of drug-likeness (QED) is 0.534. The molecule has 2 aliphatic heterocycles. The fourth-order valence-corrected chi connectivity index (χ4v) is 3.46. The summed E-state index contributed by atoms with van der Waals surface area (Å²) in [5.41, 5.74) is 0.591. The van der Waals surface area contributed by atoms with Crippen molar-refractivity contribution in [1.29, 1.82) is 0 Å². The molecule has 9 heteroatoms. The average molecular weight is 373 g/mol. The van der Waals surface area contributed by atoms with Crippen molar-refractivity contribution in [3.63, 3.8) is 0 Å². The zero-order chi connectivity index (χ0) is 18.6. The third-order valence-electron chi connectivity index (χ3n) is 4.68. The van der Waals surface area contributed by atoms with Gasteiger partial charge in [0.1, 0.15) is 6.10 Å². The maximum atomic E-state index is 12.0.